The Hall–Kier alpha value is -2.15. The first-order chi connectivity index (χ1) is 8.72. The zero-order valence-electron chi connectivity index (χ0n) is 10.3. The zero-order chi connectivity index (χ0) is 13.0. The molecule has 0 saturated carbocycles. The Bertz CT molecular complexity index is 505. The van der Waals surface area contributed by atoms with Gasteiger partial charge in [0.15, 0.2) is 0 Å². The highest BCUT2D eigenvalue weighted by Gasteiger charge is 2.18. The number of ether oxygens (including phenoxy) is 1. The van der Waals surface area contributed by atoms with E-state index in [4.69, 9.17) is 4.74 Å². The topological polar surface area (TPSA) is 84.8 Å². The summed E-state index contributed by atoms with van der Waals surface area (Å²) in [7, 11) is 3.41. The lowest BCUT2D eigenvalue weighted by Gasteiger charge is -2.17. The van der Waals surface area contributed by atoms with Gasteiger partial charge in [-0.2, -0.15) is 10.2 Å². The molecular weight excluding hydrogens is 234 g/mol. The van der Waals surface area contributed by atoms with Gasteiger partial charge in [0.25, 0.3) is 5.91 Å². The van der Waals surface area contributed by atoms with Crippen molar-refractivity contribution in [2.75, 3.05) is 13.7 Å². The first-order valence-electron chi connectivity index (χ1n) is 5.49. The van der Waals surface area contributed by atoms with E-state index in [1.165, 1.54) is 6.20 Å². The second kappa shape index (κ2) is 5.46. The minimum atomic E-state index is -0.245. The summed E-state index contributed by atoms with van der Waals surface area (Å²) < 4.78 is 6.83. The third-order valence-electron chi connectivity index (χ3n) is 2.61. The third kappa shape index (κ3) is 2.57. The molecule has 2 heterocycles. The average Bonchev–Trinajstić information content (AvgIpc) is 2.99. The maximum absolute atomic E-state index is 11.9. The fourth-order valence-electron chi connectivity index (χ4n) is 1.71. The molecule has 2 aromatic heterocycles. The van der Waals surface area contributed by atoms with Crippen LogP contribution in [0.4, 0.5) is 0 Å². The van der Waals surface area contributed by atoms with Gasteiger partial charge >= 0.3 is 0 Å². The van der Waals surface area contributed by atoms with E-state index in [0.29, 0.717) is 12.2 Å². The number of hydrogen-bond acceptors (Lipinski definition) is 4. The minimum absolute atomic E-state index is 0.202. The Morgan fingerprint density at radius 2 is 2.50 bits per heavy atom. The van der Waals surface area contributed by atoms with Crippen LogP contribution >= 0.6 is 0 Å². The van der Waals surface area contributed by atoms with Crippen LogP contribution in [0.25, 0.3) is 0 Å². The fourth-order valence-corrected chi connectivity index (χ4v) is 1.71. The van der Waals surface area contributed by atoms with Gasteiger partial charge in [0, 0.05) is 26.6 Å². The van der Waals surface area contributed by atoms with Crippen molar-refractivity contribution in [3.8, 4) is 0 Å². The number of nitrogens with zero attached hydrogens (tertiary/aromatic N) is 3. The van der Waals surface area contributed by atoms with Crippen molar-refractivity contribution >= 4 is 5.91 Å². The van der Waals surface area contributed by atoms with Crippen LogP contribution in [-0.2, 0) is 11.8 Å². The van der Waals surface area contributed by atoms with E-state index in [-0.39, 0.29) is 11.9 Å². The predicted octanol–water partition coefficient (Wildman–Crippen LogP) is 0.261. The molecule has 0 unspecified atom stereocenters. The second-order valence-electron chi connectivity index (χ2n) is 3.85. The summed E-state index contributed by atoms with van der Waals surface area (Å²) >= 11 is 0. The van der Waals surface area contributed by atoms with Gasteiger partial charge in [0.05, 0.1) is 30.1 Å². The molecule has 7 heteroatoms. The zero-order valence-corrected chi connectivity index (χ0v) is 10.3. The van der Waals surface area contributed by atoms with Gasteiger partial charge in [-0.3, -0.25) is 14.6 Å². The van der Waals surface area contributed by atoms with Crippen molar-refractivity contribution < 1.29 is 9.53 Å². The highest BCUT2D eigenvalue weighted by atomic mass is 16.5. The third-order valence-corrected chi connectivity index (χ3v) is 2.61. The first kappa shape index (κ1) is 12.3. The molecule has 0 aliphatic rings. The van der Waals surface area contributed by atoms with Crippen LogP contribution < -0.4 is 5.32 Å². The van der Waals surface area contributed by atoms with Crippen molar-refractivity contribution in [2.45, 2.75) is 6.04 Å². The van der Waals surface area contributed by atoms with E-state index in [1.54, 1.807) is 24.2 Å². The molecule has 0 aromatic carbocycles. The Labute approximate surface area is 104 Å². The molecule has 0 aliphatic heterocycles. The van der Waals surface area contributed by atoms with Crippen LogP contribution in [-0.4, -0.2) is 39.6 Å². The number of H-pyrrole nitrogens is 1. The molecule has 0 bridgehead atoms. The van der Waals surface area contributed by atoms with Crippen molar-refractivity contribution in [3.05, 3.63) is 35.9 Å². The summed E-state index contributed by atoms with van der Waals surface area (Å²) in [6.45, 7) is 0.378. The summed E-state index contributed by atoms with van der Waals surface area (Å²) in [6.07, 6.45) is 4.70. The Morgan fingerprint density at radius 1 is 1.67 bits per heavy atom. The molecule has 0 spiro atoms. The summed E-state index contributed by atoms with van der Waals surface area (Å²) in [4.78, 5) is 11.9. The number of nitrogens with one attached hydrogen (secondary N) is 2. The molecule has 1 atom stereocenters. The lowest BCUT2D eigenvalue weighted by molar-refractivity contribution is 0.0892. The lowest BCUT2D eigenvalue weighted by atomic mass is 10.2. The Balaban J connectivity index is 2.12. The molecule has 7 nitrogen and oxygen atoms in total. The van der Waals surface area contributed by atoms with E-state index < -0.39 is 0 Å². The molecule has 0 fully saturated rings. The van der Waals surface area contributed by atoms with Crippen LogP contribution in [0.2, 0.25) is 0 Å². The Kier molecular flexibility index (Phi) is 3.73. The molecule has 96 valence electrons. The summed E-state index contributed by atoms with van der Waals surface area (Å²) in [5.74, 6) is -0.202. The number of rotatable bonds is 5. The van der Waals surface area contributed by atoms with E-state index >= 15 is 0 Å². The van der Waals surface area contributed by atoms with Crippen molar-refractivity contribution in [1.29, 1.82) is 0 Å². The fraction of sp³-hybridized carbons (Fsp3) is 0.364. The van der Waals surface area contributed by atoms with Crippen LogP contribution in [0.5, 0.6) is 0 Å². The predicted molar refractivity (Wildman–Crippen MR) is 63.9 cm³/mol. The number of aryl methyl sites for hydroxylation is 1. The molecule has 0 aliphatic carbocycles. The van der Waals surface area contributed by atoms with Crippen LogP contribution in [0, 0.1) is 0 Å². The second-order valence-corrected chi connectivity index (χ2v) is 3.85. The highest BCUT2D eigenvalue weighted by Crippen LogP contribution is 2.12. The number of amides is 1. The summed E-state index contributed by atoms with van der Waals surface area (Å²) in [5.41, 5.74) is 1.37. The van der Waals surface area contributed by atoms with Gasteiger partial charge < -0.3 is 10.1 Å². The van der Waals surface area contributed by atoms with Crippen LogP contribution in [0.3, 0.4) is 0 Å². The SMILES string of the molecule is COC[C@H](NC(=O)c1cn[nH]c1)c1ccnn1C. The lowest BCUT2D eigenvalue weighted by Crippen LogP contribution is -2.32. The van der Waals surface area contributed by atoms with E-state index in [0.717, 1.165) is 5.69 Å². The van der Waals surface area contributed by atoms with Gasteiger partial charge in [-0.15, -0.1) is 0 Å². The minimum Gasteiger partial charge on any atom is -0.382 e. The average molecular weight is 249 g/mol. The summed E-state index contributed by atoms with van der Waals surface area (Å²) in [6, 6.07) is 1.60. The quantitative estimate of drug-likeness (QED) is 0.796. The normalized spacial score (nSPS) is 12.3. The number of aromatic amines is 1. The molecule has 1 amide bonds. The summed E-state index contributed by atoms with van der Waals surface area (Å²) in [5, 5.41) is 13.3. The molecule has 2 rings (SSSR count). The van der Waals surface area contributed by atoms with Crippen molar-refractivity contribution in [2.24, 2.45) is 7.05 Å². The van der Waals surface area contributed by atoms with E-state index in [9.17, 15) is 4.79 Å². The largest absolute Gasteiger partial charge is 0.382 e. The molecule has 18 heavy (non-hydrogen) atoms. The number of methoxy groups -OCH3 is 1. The number of carbonyl (C=O) groups is 1. The van der Waals surface area contributed by atoms with Gasteiger partial charge in [0.2, 0.25) is 0 Å². The van der Waals surface area contributed by atoms with Gasteiger partial charge in [-0.25, -0.2) is 0 Å². The number of carbonyl (C=O) groups excluding carboxylic acids is 1. The van der Waals surface area contributed by atoms with E-state index in [2.05, 4.69) is 20.6 Å². The van der Waals surface area contributed by atoms with Crippen LogP contribution in [0.15, 0.2) is 24.7 Å². The van der Waals surface area contributed by atoms with Gasteiger partial charge in [0.1, 0.15) is 0 Å². The Morgan fingerprint density at radius 3 is 3.06 bits per heavy atom. The van der Waals surface area contributed by atoms with Crippen molar-refractivity contribution in [1.82, 2.24) is 25.3 Å². The number of hydrogen-bond donors (Lipinski definition) is 2. The smallest absolute Gasteiger partial charge is 0.255 e. The standard InChI is InChI=1S/C11H15N5O2/c1-16-10(3-4-14-16)9(7-18-2)15-11(17)8-5-12-13-6-8/h3-6,9H,7H2,1-2H3,(H,12,13)(H,15,17)/t9-/m0/s1. The molecular formula is C11H15N5O2. The van der Waals surface area contributed by atoms with Crippen molar-refractivity contribution in [3.63, 3.8) is 0 Å². The van der Waals surface area contributed by atoms with E-state index in [1.807, 2.05) is 13.1 Å². The monoisotopic (exact) mass is 249 g/mol. The molecule has 0 saturated heterocycles. The maximum atomic E-state index is 11.9. The maximum Gasteiger partial charge on any atom is 0.255 e. The number of aromatic nitrogens is 4. The highest BCUT2D eigenvalue weighted by molar-refractivity contribution is 5.93. The van der Waals surface area contributed by atoms with Gasteiger partial charge in [-0.05, 0) is 6.07 Å². The molecule has 0 radical (unpaired) electrons. The first-order valence-corrected chi connectivity index (χ1v) is 5.49. The van der Waals surface area contributed by atoms with Gasteiger partial charge in [-0.1, -0.05) is 0 Å². The van der Waals surface area contributed by atoms with Crippen LogP contribution in [0.1, 0.15) is 22.1 Å². The molecule has 2 aromatic rings. The molecule has 2 N–H and O–H groups in total.